The lowest BCUT2D eigenvalue weighted by molar-refractivity contribution is 0.584. The fourth-order valence-electron chi connectivity index (χ4n) is 3.17. The highest BCUT2D eigenvalue weighted by Crippen LogP contribution is 2.28. The number of nitrogens with zero attached hydrogens (tertiary/aromatic N) is 4. The first-order valence-corrected chi connectivity index (χ1v) is 10.4. The summed E-state index contributed by atoms with van der Waals surface area (Å²) in [6.45, 7) is 0. The number of oxazole rings is 2. The highest BCUT2D eigenvalue weighted by Gasteiger charge is 2.17. The van der Waals surface area contributed by atoms with Gasteiger partial charge in [0.1, 0.15) is 45.2 Å². The molecule has 0 spiro atoms. The predicted octanol–water partition coefficient (Wildman–Crippen LogP) is 6.35. The standard InChI is InChI=1S/C11H5F2IN2O.C11H6F2N2O/c12-6-1-2-7(8(13)5-6)9-10(14)16-3-4-17-11(16)15-9;12-7-1-2-8(9(13)5-7)10-6-15-3-4-16-11(15)14-10/h1-5H;1-6H. The molecule has 0 bridgehead atoms. The third-order valence-electron chi connectivity index (χ3n) is 4.69. The molecule has 4 aromatic heterocycles. The quantitative estimate of drug-likeness (QED) is 0.181. The zero-order valence-corrected chi connectivity index (χ0v) is 18.5. The summed E-state index contributed by atoms with van der Waals surface area (Å²) in [7, 11) is 0. The maximum Gasteiger partial charge on any atom is 0.307 e. The lowest BCUT2D eigenvalue weighted by atomic mass is 10.1. The molecule has 0 amide bonds. The van der Waals surface area contributed by atoms with Crippen LogP contribution in [0.4, 0.5) is 17.6 Å². The van der Waals surface area contributed by atoms with E-state index in [2.05, 4.69) is 9.97 Å². The van der Waals surface area contributed by atoms with E-state index in [9.17, 15) is 17.6 Å². The minimum absolute atomic E-state index is 0.250. The summed E-state index contributed by atoms with van der Waals surface area (Å²) in [6.07, 6.45) is 7.94. The number of aromatic nitrogens is 4. The Bertz CT molecular complexity index is 1570. The number of halogens is 5. The van der Waals surface area contributed by atoms with Crippen LogP contribution in [0.3, 0.4) is 0 Å². The molecule has 33 heavy (non-hydrogen) atoms. The zero-order valence-electron chi connectivity index (χ0n) is 16.3. The average molecular weight is 566 g/mol. The van der Waals surface area contributed by atoms with Crippen LogP contribution in [-0.4, -0.2) is 18.8 Å². The Morgan fingerprint density at radius 3 is 2.03 bits per heavy atom. The van der Waals surface area contributed by atoms with Crippen molar-refractivity contribution in [2.75, 3.05) is 0 Å². The molecule has 11 heteroatoms. The molecule has 0 aliphatic carbocycles. The van der Waals surface area contributed by atoms with E-state index < -0.39 is 23.3 Å². The van der Waals surface area contributed by atoms with Gasteiger partial charge in [0.2, 0.25) is 0 Å². The Kier molecular flexibility index (Phi) is 5.40. The van der Waals surface area contributed by atoms with Gasteiger partial charge in [-0.25, -0.2) is 17.6 Å². The van der Waals surface area contributed by atoms with Crippen LogP contribution in [0, 0.1) is 27.0 Å². The Morgan fingerprint density at radius 1 is 0.758 bits per heavy atom. The molecule has 0 saturated carbocycles. The third kappa shape index (κ3) is 3.99. The largest absolute Gasteiger partial charge is 0.432 e. The van der Waals surface area contributed by atoms with E-state index in [-0.39, 0.29) is 11.1 Å². The van der Waals surface area contributed by atoms with E-state index >= 15 is 0 Å². The van der Waals surface area contributed by atoms with Gasteiger partial charge in [-0.1, -0.05) is 0 Å². The Labute approximate surface area is 196 Å². The Hall–Kier alpha value is -3.61. The molecule has 0 unspecified atom stereocenters. The first-order chi connectivity index (χ1) is 15.9. The number of imidazole rings is 2. The highest BCUT2D eigenvalue weighted by molar-refractivity contribution is 14.1. The second-order valence-corrected chi connectivity index (χ2v) is 7.80. The van der Waals surface area contributed by atoms with Gasteiger partial charge in [0, 0.05) is 41.9 Å². The summed E-state index contributed by atoms with van der Waals surface area (Å²) in [5.41, 5.74) is 1.37. The summed E-state index contributed by atoms with van der Waals surface area (Å²) in [5.74, 6) is -1.73. The summed E-state index contributed by atoms with van der Waals surface area (Å²) >= 11 is 2.04. The van der Waals surface area contributed by atoms with Crippen LogP contribution in [0.25, 0.3) is 34.2 Å². The molecule has 0 atom stereocenters. The molecule has 0 aliphatic heterocycles. The van der Waals surface area contributed by atoms with Gasteiger partial charge >= 0.3 is 11.7 Å². The van der Waals surface area contributed by atoms with Crippen LogP contribution in [0.15, 0.2) is 76.3 Å². The van der Waals surface area contributed by atoms with Gasteiger partial charge in [0.15, 0.2) is 0 Å². The molecule has 0 radical (unpaired) electrons. The number of hydrogen-bond acceptors (Lipinski definition) is 4. The fraction of sp³-hybridized carbons (Fsp3) is 0. The molecule has 0 N–H and O–H groups in total. The molecule has 6 nitrogen and oxygen atoms in total. The Morgan fingerprint density at radius 2 is 1.39 bits per heavy atom. The second-order valence-electron chi connectivity index (χ2n) is 6.77. The molecule has 2 aromatic carbocycles. The number of benzene rings is 2. The number of fused-ring (bicyclic) bond motifs is 2. The topological polar surface area (TPSA) is 60.9 Å². The minimum Gasteiger partial charge on any atom is -0.432 e. The van der Waals surface area contributed by atoms with E-state index in [0.717, 1.165) is 15.8 Å². The lowest BCUT2D eigenvalue weighted by Gasteiger charge is -2.00. The van der Waals surface area contributed by atoms with Gasteiger partial charge in [-0.15, -0.1) is 0 Å². The van der Waals surface area contributed by atoms with Crippen molar-refractivity contribution >= 4 is 34.3 Å². The molecule has 0 saturated heterocycles. The molecular weight excluding hydrogens is 555 g/mol. The van der Waals surface area contributed by atoms with Crippen LogP contribution < -0.4 is 0 Å². The van der Waals surface area contributed by atoms with E-state index in [1.165, 1.54) is 36.8 Å². The first kappa shape index (κ1) is 21.2. The maximum atomic E-state index is 13.6. The van der Waals surface area contributed by atoms with Crippen molar-refractivity contribution in [1.29, 1.82) is 0 Å². The third-order valence-corrected chi connectivity index (χ3v) is 5.72. The molecular formula is C22H11F4IN4O2. The first-order valence-electron chi connectivity index (χ1n) is 9.35. The lowest BCUT2D eigenvalue weighted by Crippen LogP contribution is -1.89. The van der Waals surface area contributed by atoms with Gasteiger partial charge < -0.3 is 8.83 Å². The minimum atomic E-state index is -0.638. The Balaban J connectivity index is 0.000000139. The SMILES string of the molecule is Fc1ccc(-c2cn3ccoc3n2)c(F)c1.Fc1ccc(-c2nc3occn3c2I)c(F)c1. The highest BCUT2D eigenvalue weighted by atomic mass is 127. The summed E-state index contributed by atoms with van der Waals surface area (Å²) in [4.78, 5) is 8.23. The van der Waals surface area contributed by atoms with Gasteiger partial charge in [-0.2, -0.15) is 9.97 Å². The van der Waals surface area contributed by atoms with Crippen molar-refractivity contribution in [3.63, 3.8) is 0 Å². The van der Waals surface area contributed by atoms with Crippen molar-refractivity contribution in [3.8, 4) is 22.5 Å². The molecule has 0 aliphatic rings. The van der Waals surface area contributed by atoms with Crippen molar-refractivity contribution < 1.29 is 26.4 Å². The number of hydrogen-bond donors (Lipinski definition) is 0. The van der Waals surface area contributed by atoms with Gasteiger partial charge in [0.25, 0.3) is 0 Å². The van der Waals surface area contributed by atoms with E-state index in [1.807, 2.05) is 22.6 Å². The van der Waals surface area contributed by atoms with Crippen LogP contribution in [0.5, 0.6) is 0 Å². The summed E-state index contributed by atoms with van der Waals surface area (Å²) in [5, 5.41) is 0. The smallest absolute Gasteiger partial charge is 0.307 e. The zero-order chi connectivity index (χ0) is 23.1. The van der Waals surface area contributed by atoms with Gasteiger partial charge in [-0.3, -0.25) is 8.80 Å². The van der Waals surface area contributed by atoms with E-state index in [0.29, 0.717) is 23.1 Å². The second kappa shape index (κ2) is 8.39. The van der Waals surface area contributed by atoms with Crippen LogP contribution in [0.2, 0.25) is 0 Å². The maximum absolute atomic E-state index is 13.6. The molecule has 6 aromatic rings. The van der Waals surface area contributed by atoms with E-state index in [4.69, 9.17) is 8.83 Å². The normalized spacial score (nSPS) is 11.2. The molecule has 6 rings (SSSR count). The summed E-state index contributed by atoms with van der Waals surface area (Å²) < 4.78 is 66.8. The fourth-order valence-corrected chi connectivity index (χ4v) is 3.94. The monoisotopic (exact) mass is 566 g/mol. The van der Waals surface area contributed by atoms with Crippen LogP contribution >= 0.6 is 22.6 Å². The van der Waals surface area contributed by atoms with Crippen LogP contribution in [0.1, 0.15) is 0 Å². The molecule has 0 fully saturated rings. The van der Waals surface area contributed by atoms with Crippen molar-refractivity contribution in [1.82, 2.24) is 18.8 Å². The molecule has 166 valence electrons. The molecule has 4 heterocycles. The number of rotatable bonds is 2. The predicted molar refractivity (Wildman–Crippen MR) is 118 cm³/mol. The van der Waals surface area contributed by atoms with Gasteiger partial charge in [-0.05, 0) is 46.9 Å². The van der Waals surface area contributed by atoms with Gasteiger partial charge in [0.05, 0.1) is 5.69 Å². The van der Waals surface area contributed by atoms with Crippen molar-refractivity contribution in [3.05, 3.63) is 94.5 Å². The van der Waals surface area contributed by atoms with Crippen molar-refractivity contribution in [2.24, 2.45) is 0 Å². The van der Waals surface area contributed by atoms with Crippen molar-refractivity contribution in [2.45, 2.75) is 0 Å². The van der Waals surface area contributed by atoms with Crippen LogP contribution in [-0.2, 0) is 0 Å². The summed E-state index contributed by atoms with van der Waals surface area (Å²) in [6, 6.07) is 6.79. The average Bonchev–Trinajstić information content (AvgIpc) is 3.52. The van der Waals surface area contributed by atoms with E-state index in [1.54, 1.807) is 27.4 Å².